The number of nitrogens with one attached hydrogen (secondary N) is 1. The molecular weight excluding hydrogens is 322 g/mol. The molecule has 0 aliphatic heterocycles. The normalized spacial score (nSPS) is 11.9. The summed E-state index contributed by atoms with van der Waals surface area (Å²) in [5.74, 6) is -2.50. The summed E-state index contributed by atoms with van der Waals surface area (Å²) in [6, 6.07) is 3.92. The molecule has 0 fully saturated rings. The van der Waals surface area contributed by atoms with E-state index in [1.165, 1.54) is 24.3 Å². The fraction of sp³-hybridized carbons (Fsp3) is 0.438. The summed E-state index contributed by atoms with van der Waals surface area (Å²) < 4.78 is 24.7. The van der Waals surface area contributed by atoms with Crippen LogP contribution in [0.4, 0.5) is 8.78 Å². The zero-order valence-electron chi connectivity index (χ0n) is 13.5. The van der Waals surface area contributed by atoms with Crippen LogP contribution in [0.25, 0.3) is 0 Å². The Morgan fingerprint density at radius 2 is 1.58 bits per heavy atom. The van der Waals surface area contributed by atoms with Gasteiger partial charge >= 0.3 is 5.97 Å². The number of nitrogens with zero attached hydrogens (tertiary/aromatic N) is 1. The number of carboxylic acid groups (broad SMARTS) is 1. The van der Waals surface area contributed by atoms with Crippen molar-refractivity contribution in [2.45, 2.75) is 32.7 Å². The van der Waals surface area contributed by atoms with E-state index in [1.54, 1.807) is 4.90 Å². The molecule has 0 aliphatic rings. The van der Waals surface area contributed by atoms with Gasteiger partial charge in [0.05, 0.1) is 0 Å². The number of amides is 2. The molecule has 0 bridgehead atoms. The zero-order chi connectivity index (χ0) is 18.3. The second-order valence-electron chi connectivity index (χ2n) is 5.05. The Bertz CT molecular complexity index is 586. The second kappa shape index (κ2) is 8.95. The number of alkyl halides is 2. The standard InChI is InChI=1S/C16H20F2N2O4/c1-3-20(4-2)15(22)11-7-5-10(6-8-11)14(21)19-12(16(23)24)9-13(17)18/h5-8,12-13H,3-4,9H2,1-2H3,(H,19,21)(H,23,24). The predicted octanol–water partition coefficient (Wildman–Crippen LogP) is 2.01. The molecule has 24 heavy (non-hydrogen) atoms. The van der Waals surface area contributed by atoms with Crippen molar-refractivity contribution < 1.29 is 28.3 Å². The third-order valence-electron chi connectivity index (χ3n) is 3.46. The minimum absolute atomic E-state index is 0.0895. The number of carbonyl (C=O) groups excluding carboxylic acids is 2. The molecular formula is C16H20F2N2O4. The average molecular weight is 342 g/mol. The lowest BCUT2D eigenvalue weighted by Crippen LogP contribution is -2.42. The Hall–Kier alpha value is -2.51. The van der Waals surface area contributed by atoms with Gasteiger partial charge in [0.15, 0.2) is 0 Å². The maximum atomic E-state index is 12.3. The summed E-state index contributed by atoms with van der Waals surface area (Å²) in [6.07, 6.45) is -3.82. The molecule has 0 saturated carbocycles. The summed E-state index contributed by atoms with van der Waals surface area (Å²) in [6.45, 7) is 4.79. The molecule has 1 rings (SSSR count). The van der Waals surface area contributed by atoms with Gasteiger partial charge < -0.3 is 15.3 Å². The van der Waals surface area contributed by atoms with Crippen molar-refractivity contribution in [1.29, 1.82) is 0 Å². The number of rotatable bonds is 8. The van der Waals surface area contributed by atoms with E-state index < -0.39 is 30.8 Å². The van der Waals surface area contributed by atoms with Crippen molar-refractivity contribution in [3.05, 3.63) is 35.4 Å². The van der Waals surface area contributed by atoms with Gasteiger partial charge in [0.1, 0.15) is 6.04 Å². The summed E-state index contributed by atoms with van der Waals surface area (Å²) in [7, 11) is 0. The number of carbonyl (C=O) groups is 3. The Kier molecular flexibility index (Phi) is 7.29. The highest BCUT2D eigenvalue weighted by molar-refractivity contribution is 5.99. The summed E-state index contributed by atoms with van der Waals surface area (Å²) in [4.78, 5) is 36.6. The minimum Gasteiger partial charge on any atom is -0.480 e. The molecule has 1 unspecified atom stereocenters. The number of hydrogen-bond acceptors (Lipinski definition) is 3. The molecule has 132 valence electrons. The SMILES string of the molecule is CCN(CC)C(=O)c1ccc(C(=O)NC(CC(F)F)C(=O)O)cc1. The van der Waals surface area contributed by atoms with Crippen LogP contribution in [0.1, 0.15) is 41.0 Å². The van der Waals surface area contributed by atoms with Gasteiger partial charge in [-0.3, -0.25) is 9.59 Å². The first kappa shape index (κ1) is 19.5. The molecule has 1 aromatic rings. The van der Waals surface area contributed by atoms with Crippen LogP contribution >= 0.6 is 0 Å². The van der Waals surface area contributed by atoms with Crippen LogP contribution in [0.2, 0.25) is 0 Å². The van der Waals surface area contributed by atoms with E-state index in [1.807, 2.05) is 19.2 Å². The van der Waals surface area contributed by atoms with Crippen LogP contribution < -0.4 is 5.32 Å². The van der Waals surface area contributed by atoms with E-state index in [2.05, 4.69) is 0 Å². The Morgan fingerprint density at radius 1 is 1.08 bits per heavy atom. The van der Waals surface area contributed by atoms with Crippen molar-refractivity contribution in [2.24, 2.45) is 0 Å². The van der Waals surface area contributed by atoms with Gasteiger partial charge in [-0.2, -0.15) is 0 Å². The van der Waals surface area contributed by atoms with Gasteiger partial charge in [0, 0.05) is 30.6 Å². The fourth-order valence-corrected chi connectivity index (χ4v) is 2.10. The fourth-order valence-electron chi connectivity index (χ4n) is 2.10. The van der Waals surface area contributed by atoms with Gasteiger partial charge in [-0.25, -0.2) is 13.6 Å². The van der Waals surface area contributed by atoms with E-state index in [4.69, 9.17) is 5.11 Å². The molecule has 2 N–H and O–H groups in total. The van der Waals surface area contributed by atoms with Gasteiger partial charge in [0.25, 0.3) is 11.8 Å². The van der Waals surface area contributed by atoms with Crippen molar-refractivity contribution in [1.82, 2.24) is 10.2 Å². The van der Waals surface area contributed by atoms with Crippen LogP contribution in [0.5, 0.6) is 0 Å². The number of halogens is 2. The molecule has 0 saturated heterocycles. The van der Waals surface area contributed by atoms with Crippen LogP contribution in [0.3, 0.4) is 0 Å². The van der Waals surface area contributed by atoms with E-state index in [-0.39, 0.29) is 11.5 Å². The first-order valence-electron chi connectivity index (χ1n) is 7.51. The zero-order valence-corrected chi connectivity index (χ0v) is 13.5. The second-order valence-corrected chi connectivity index (χ2v) is 5.05. The third-order valence-corrected chi connectivity index (χ3v) is 3.46. The highest BCUT2D eigenvalue weighted by Crippen LogP contribution is 2.10. The van der Waals surface area contributed by atoms with Gasteiger partial charge in [-0.15, -0.1) is 0 Å². The molecule has 0 aromatic heterocycles. The maximum Gasteiger partial charge on any atom is 0.326 e. The first-order valence-corrected chi connectivity index (χ1v) is 7.51. The predicted molar refractivity (Wildman–Crippen MR) is 83.2 cm³/mol. The average Bonchev–Trinajstić information content (AvgIpc) is 2.54. The van der Waals surface area contributed by atoms with E-state index >= 15 is 0 Å². The number of hydrogen-bond donors (Lipinski definition) is 2. The van der Waals surface area contributed by atoms with Crippen molar-refractivity contribution in [3.8, 4) is 0 Å². The van der Waals surface area contributed by atoms with Gasteiger partial charge in [-0.1, -0.05) is 0 Å². The number of carboxylic acids is 1. The van der Waals surface area contributed by atoms with Crippen molar-refractivity contribution >= 4 is 17.8 Å². The summed E-state index contributed by atoms with van der Waals surface area (Å²) in [5.41, 5.74) is 0.476. The molecule has 1 aromatic carbocycles. The van der Waals surface area contributed by atoms with Crippen molar-refractivity contribution in [3.63, 3.8) is 0 Å². The Labute approximate surface area is 138 Å². The lowest BCUT2D eigenvalue weighted by molar-refractivity contribution is -0.140. The lowest BCUT2D eigenvalue weighted by atomic mass is 10.1. The number of benzene rings is 1. The number of aliphatic carboxylic acids is 1. The maximum absolute atomic E-state index is 12.3. The third kappa shape index (κ3) is 5.29. The van der Waals surface area contributed by atoms with Crippen LogP contribution in [0.15, 0.2) is 24.3 Å². The summed E-state index contributed by atoms with van der Waals surface area (Å²) >= 11 is 0. The van der Waals surface area contributed by atoms with Gasteiger partial charge in [-0.05, 0) is 38.1 Å². The molecule has 0 radical (unpaired) electrons. The molecule has 0 spiro atoms. The Morgan fingerprint density at radius 3 is 2.00 bits per heavy atom. The molecule has 6 nitrogen and oxygen atoms in total. The highest BCUT2D eigenvalue weighted by Gasteiger charge is 2.24. The topological polar surface area (TPSA) is 86.7 Å². The monoisotopic (exact) mass is 342 g/mol. The van der Waals surface area contributed by atoms with E-state index in [0.29, 0.717) is 18.7 Å². The minimum atomic E-state index is -2.85. The van der Waals surface area contributed by atoms with Crippen molar-refractivity contribution in [2.75, 3.05) is 13.1 Å². The molecule has 0 aliphatic carbocycles. The Balaban J connectivity index is 2.82. The van der Waals surface area contributed by atoms with E-state index in [0.717, 1.165) is 0 Å². The molecule has 1 atom stereocenters. The largest absolute Gasteiger partial charge is 0.480 e. The van der Waals surface area contributed by atoms with Crippen LogP contribution in [-0.2, 0) is 4.79 Å². The molecule has 2 amide bonds. The molecule has 0 heterocycles. The first-order chi connectivity index (χ1) is 11.3. The lowest BCUT2D eigenvalue weighted by Gasteiger charge is -2.18. The summed E-state index contributed by atoms with van der Waals surface area (Å²) in [5, 5.41) is 10.9. The molecule has 8 heteroatoms. The smallest absolute Gasteiger partial charge is 0.326 e. The van der Waals surface area contributed by atoms with Gasteiger partial charge in [0.2, 0.25) is 6.43 Å². The quantitative estimate of drug-likeness (QED) is 0.757. The van der Waals surface area contributed by atoms with E-state index in [9.17, 15) is 23.2 Å². The van der Waals surface area contributed by atoms with Crippen LogP contribution in [-0.4, -0.2) is 53.3 Å². The highest BCUT2D eigenvalue weighted by atomic mass is 19.3. The van der Waals surface area contributed by atoms with Crippen LogP contribution in [0, 0.1) is 0 Å².